The van der Waals surface area contributed by atoms with Gasteiger partial charge in [0, 0.05) is 25.1 Å². The Labute approximate surface area is 106 Å². The van der Waals surface area contributed by atoms with Crippen molar-refractivity contribution in [2.75, 3.05) is 14.1 Å². The number of sulfone groups is 1. The summed E-state index contributed by atoms with van der Waals surface area (Å²) >= 11 is 0. The van der Waals surface area contributed by atoms with Crippen molar-refractivity contribution in [1.82, 2.24) is 10.4 Å². The zero-order valence-electron chi connectivity index (χ0n) is 10.4. The van der Waals surface area contributed by atoms with Crippen molar-refractivity contribution in [3.05, 3.63) is 34.2 Å². The van der Waals surface area contributed by atoms with Gasteiger partial charge in [-0.1, -0.05) is 0 Å². The molecule has 18 heavy (non-hydrogen) atoms. The number of hydrogen-bond donors (Lipinski definition) is 1. The van der Waals surface area contributed by atoms with E-state index in [1.165, 1.54) is 11.1 Å². The summed E-state index contributed by atoms with van der Waals surface area (Å²) in [6.07, 6.45) is 1.55. The summed E-state index contributed by atoms with van der Waals surface area (Å²) in [4.78, 5) is 12.1. The van der Waals surface area contributed by atoms with Gasteiger partial charge in [-0.3, -0.25) is 10.2 Å². The Bertz CT molecular complexity index is 646. The lowest BCUT2D eigenvalue weighted by Gasteiger charge is -2.14. The van der Waals surface area contributed by atoms with Crippen LogP contribution in [0.4, 0.5) is 0 Å². The molecular weight excluding hydrogens is 252 g/mol. The predicted molar refractivity (Wildman–Crippen MR) is 68.6 cm³/mol. The maximum atomic E-state index is 11.9. The van der Waals surface area contributed by atoms with Crippen molar-refractivity contribution in [1.29, 1.82) is 0 Å². The van der Waals surface area contributed by atoms with Gasteiger partial charge in [0.15, 0.2) is 9.84 Å². The lowest BCUT2D eigenvalue weighted by Crippen LogP contribution is -2.36. The largest absolute Gasteiger partial charge is 0.285 e. The van der Waals surface area contributed by atoms with Crippen molar-refractivity contribution in [3.63, 3.8) is 0 Å². The molecule has 96 valence electrons. The summed E-state index contributed by atoms with van der Waals surface area (Å²) in [7, 11) is 0.00569. The first-order valence-electron chi connectivity index (χ1n) is 5.37. The fraction of sp³-hybridized carbons (Fsp3) is 0.250. The standard InChI is InChI=1S/C12H14N2O3S/c1-8-6-9-4-5-18(16,17)11(9)7-10(8)12(15)13-14(2)3/h4-7H,1-3H3,(H,13,15). The molecular formula is C12H14N2O3S. The number of nitrogens with zero attached hydrogens (tertiary/aromatic N) is 1. The van der Waals surface area contributed by atoms with Crippen LogP contribution in [0.1, 0.15) is 21.5 Å². The number of nitrogens with one attached hydrogen (secondary N) is 1. The van der Waals surface area contributed by atoms with Crippen molar-refractivity contribution in [2.24, 2.45) is 0 Å². The zero-order chi connectivity index (χ0) is 13.5. The highest BCUT2D eigenvalue weighted by atomic mass is 32.2. The van der Waals surface area contributed by atoms with Gasteiger partial charge in [-0.2, -0.15) is 0 Å². The highest BCUT2D eigenvalue weighted by Crippen LogP contribution is 2.29. The summed E-state index contributed by atoms with van der Waals surface area (Å²) in [5.74, 6) is -0.317. The molecule has 1 aliphatic heterocycles. The lowest BCUT2D eigenvalue weighted by molar-refractivity contribution is 0.0856. The van der Waals surface area contributed by atoms with Gasteiger partial charge in [0.2, 0.25) is 0 Å². The van der Waals surface area contributed by atoms with Gasteiger partial charge >= 0.3 is 0 Å². The maximum absolute atomic E-state index is 11.9. The summed E-state index contributed by atoms with van der Waals surface area (Å²) in [6, 6.07) is 3.14. The van der Waals surface area contributed by atoms with Crippen LogP contribution in [0.25, 0.3) is 6.08 Å². The minimum absolute atomic E-state index is 0.192. The maximum Gasteiger partial charge on any atom is 0.265 e. The molecule has 0 bridgehead atoms. The van der Waals surface area contributed by atoms with E-state index in [2.05, 4.69) is 5.43 Å². The first-order chi connectivity index (χ1) is 8.31. The van der Waals surface area contributed by atoms with E-state index < -0.39 is 9.84 Å². The topological polar surface area (TPSA) is 66.5 Å². The van der Waals surface area contributed by atoms with Crippen LogP contribution in [0.15, 0.2) is 22.4 Å². The van der Waals surface area contributed by atoms with E-state index in [9.17, 15) is 13.2 Å². The molecule has 0 aromatic heterocycles. The predicted octanol–water partition coefficient (Wildman–Crippen LogP) is 0.959. The second-order valence-corrected chi connectivity index (χ2v) is 6.19. The molecule has 0 radical (unpaired) electrons. The molecule has 0 aliphatic carbocycles. The van der Waals surface area contributed by atoms with Gasteiger partial charge < -0.3 is 0 Å². The Morgan fingerprint density at radius 2 is 1.94 bits per heavy atom. The molecule has 6 heteroatoms. The first kappa shape index (κ1) is 12.8. The molecule has 0 unspecified atom stereocenters. The van der Waals surface area contributed by atoms with Gasteiger partial charge in [-0.25, -0.2) is 13.4 Å². The fourth-order valence-corrected chi connectivity index (χ4v) is 3.04. The van der Waals surface area contributed by atoms with Gasteiger partial charge in [0.1, 0.15) is 0 Å². The van der Waals surface area contributed by atoms with Crippen molar-refractivity contribution < 1.29 is 13.2 Å². The molecule has 5 nitrogen and oxygen atoms in total. The molecule has 0 atom stereocenters. The highest BCUT2D eigenvalue weighted by Gasteiger charge is 2.23. The van der Waals surface area contributed by atoms with E-state index in [0.29, 0.717) is 11.1 Å². The summed E-state index contributed by atoms with van der Waals surface area (Å²) in [5, 5.41) is 2.67. The third-order valence-corrected chi connectivity index (χ3v) is 4.12. The third kappa shape index (κ3) is 2.16. The zero-order valence-corrected chi connectivity index (χ0v) is 11.2. The van der Waals surface area contributed by atoms with Crippen LogP contribution in [0.3, 0.4) is 0 Å². The first-order valence-corrected chi connectivity index (χ1v) is 6.92. The van der Waals surface area contributed by atoms with Crippen LogP contribution in [-0.4, -0.2) is 33.4 Å². The Balaban J connectivity index is 2.50. The van der Waals surface area contributed by atoms with Crippen LogP contribution < -0.4 is 5.43 Å². The number of amides is 1. The summed E-state index contributed by atoms with van der Waals surface area (Å²) < 4.78 is 23.5. The molecule has 1 amide bonds. The van der Waals surface area contributed by atoms with Gasteiger partial charge in [-0.05, 0) is 36.3 Å². The van der Waals surface area contributed by atoms with Gasteiger partial charge in [-0.15, -0.1) is 0 Å². The number of carbonyl (C=O) groups is 1. The number of fused-ring (bicyclic) bond motifs is 1. The molecule has 1 heterocycles. The molecule has 1 aliphatic rings. The number of aryl methyl sites for hydroxylation is 1. The van der Waals surface area contributed by atoms with Crippen LogP contribution in [0, 0.1) is 6.92 Å². The second kappa shape index (κ2) is 4.22. The highest BCUT2D eigenvalue weighted by molar-refractivity contribution is 7.94. The van der Waals surface area contributed by atoms with E-state index in [1.807, 2.05) is 0 Å². The molecule has 0 saturated carbocycles. The average Bonchev–Trinajstić information content (AvgIpc) is 2.52. The van der Waals surface area contributed by atoms with E-state index in [4.69, 9.17) is 0 Å². The third-order valence-electron chi connectivity index (χ3n) is 2.66. The molecule has 0 fully saturated rings. The summed E-state index contributed by atoms with van der Waals surface area (Å²) in [5.41, 5.74) is 4.35. The Kier molecular flexibility index (Phi) is 3.00. The quantitative estimate of drug-likeness (QED) is 0.810. The fourth-order valence-electron chi connectivity index (χ4n) is 1.83. The van der Waals surface area contributed by atoms with E-state index in [1.54, 1.807) is 33.2 Å². The molecule has 1 aromatic carbocycles. The van der Waals surface area contributed by atoms with Crippen LogP contribution in [0.5, 0.6) is 0 Å². The Hall–Kier alpha value is -1.66. The van der Waals surface area contributed by atoms with Gasteiger partial charge in [0.05, 0.1) is 4.90 Å². The number of carbonyl (C=O) groups excluding carboxylic acids is 1. The molecule has 2 rings (SSSR count). The van der Waals surface area contributed by atoms with Crippen LogP contribution in [-0.2, 0) is 9.84 Å². The second-order valence-electron chi connectivity index (χ2n) is 4.39. The number of rotatable bonds is 2. The van der Waals surface area contributed by atoms with Crippen molar-refractivity contribution in [3.8, 4) is 0 Å². The van der Waals surface area contributed by atoms with Gasteiger partial charge in [0.25, 0.3) is 5.91 Å². The SMILES string of the molecule is Cc1cc2c(cc1C(=O)NN(C)C)S(=O)(=O)C=C2. The Morgan fingerprint density at radius 3 is 2.56 bits per heavy atom. The molecule has 1 aromatic rings. The molecule has 1 N–H and O–H groups in total. The smallest absolute Gasteiger partial charge is 0.265 e. The summed E-state index contributed by atoms with van der Waals surface area (Å²) in [6.45, 7) is 1.78. The Morgan fingerprint density at radius 1 is 1.28 bits per heavy atom. The van der Waals surface area contributed by atoms with Crippen molar-refractivity contribution >= 4 is 21.8 Å². The minimum atomic E-state index is -3.38. The number of hydrogen-bond acceptors (Lipinski definition) is 4. The number of hydrazine groups is 1. The minimum Gasteiger partial charge on any atom is -0.285 e. The van der Waals surface area contributed by atoms with E-state index >= 15 is 0 Å². The molecule has 0 spiro atoms. The van der Waals surface area contributed by atoms with Crippen molar-refractivity contribution in [2.45, 2.75) is 11.8 Å². The van der Waals surface area contributed by atoms with E-state index in [-0.39, 0.29) is 10.8 Å². The van der Waals surface area contributed by atoms with Crippen LogP contribution in [0.2, 0.25) is 0 Å². The average molecular weight is 266 g/mol. The van der Waals surface area contributed by atoms with Crippen LogP contribution >= 0.6 is 0 Å². The molecule has 0 saturated heterocycles. The van der Waals surface area contributed by atoms with E-state index in [0.717, 1.165) is 11.0 Å². The normalized spacial score (nSPS) is 15.8. The monoisotopic (exact) mass is 266 g/mol. The lowest BCUT2D eigenvalue weighted by atomic mass is 10.0. The number of benzene rings is 1.